The summed E-state index contributed by atoms with van der Waals surface area (Å²) in [7, 11) is -3.54. The van der Waals surface area contributed by atoms with E-state index in [4.69, 9.17) is 0 Å². The van der Waals surface area contributed by atoms with Crippen LogP contribution < -0.4 is 5.32 Å². The summed E-state index contributed by atoms with van der Waals surface area (Å²) in [6.07, 6.45) is 3.51. The molecule has 0 atom stereocenters. The standard InChI is InChI=1S/C19H23N3O3S2/c23-18(21-14-19(6-7-19)15-4-2-1-3-5-15)17-12-16(13-20-17)27(24,25)22-8-10-26-11-9-22/h1-5,12-13,20H,6-11,14H2,(H,21,23). The zero-order valence-electron chi connectivity index (χ0n) is 15.0. The van der Waals surface area contributed by atoms with Crippen LogP contribution in [0, 0.1) is 0 Å². The molecule has 6 nitrogen and oxygen atoms in total. The minimum Gasteiger partial charge on any atom is -0.356 e. The number of thioether (sulfide) groups is 1. The second-order valence-electron chi connectivity index (χ2n) is 7.09. The van der Waals surface area contributed by atoms with Gasteiger partial charge in [0, 0.05) is 42.8 Å². The number of rotatable bonds is 6. The quantitative estimate of drug-likeness (QED) is 0.772. The molecular weight excluding hydrogens is 382 g/mol. The minimum absolute atomic E-state index is 0.0177. The number of carbonyl (C=O) groups is 1. The van der Waals surface area contributed by atoms with Gasteiger partial charge in [-0.1, -0.05) is 30.3 Å². The van der Waals surface area contributed by atoms with Crippen LogP contribution in [0.15, 0.2) is 47.5 Å². The second-order valence-corrected chi connectivity index (χ2v) is 10.3. The number of amides is 1. The number of H-pyrrole nitrogens is 1. The molecule has 2 fully saturated rings. The van der Waals surface area contributed by atoms with Crippen LogP contribution in [0.4, 0.5) is 0 Å². The molecule has 1 saturated carbocycles. The van der Waals surface area contributed by atoms with Crippen molar-refractivity contribution >= 4 is 27.7 Å². The van der Waals surface area contributed by atoms with Crippen LogP contribution in [0.5, 0.6) is 0 Å². The van der Waals surface area contributed by atoms with Crippen LogP contribution >= 0.6 is 11.8 Å². The number of hydrogen-bond acceptors (Lipinski definition) is 4. The normalized spacial score (nSPS) is 19.6. The summed E-state index contributed by atoms with van der Waals surface area (Å²) < 4.78 is 26.9. The summed E-state index contributed by atoms with van der Waals surface area (Å²) in [5, 5.41) is 2.96. The Labute approximate surface area is 163 Å². The van der Waals surface area contributed by atoms with E-state index in [-0.39, 0.29) is 21.9 Å². The summed E-state index contributed by atoms with van der Waals surface area (Å²) >= 11 is 1.75. The van der Waals surface area contributed by atoms with E-state index in [9.17, 15) is 13.2 Å². The summed E-state index contributed by atoms with van der Waals surface area (Å²) in [5.74, 6) is 1.34. The molecule has 1 saturated heterocycles. The zero-order chi connectivity index (χ0) is 18.9. The highest BCUT2D eigenvalue weighted by Gasteiger charge is 2.44. The lowest BCUT2D eigenvalue weighted by Crippen LogP contribution is -2.37. The molecule has 1 aromatic heterocycles. The molecule has 0 radical (unpaired) electrons. The summed E-state index contributed by atoms with van der Waals surface area (Å²) in [6, 6.07) is 11.6. The summed E-state index contributed by atoms with van der Waals surface area (Å²) in [6.45, 7) is 1.58. The summed E-state index contributed by atoms with van der Waals surface area (Å²) in [5.41, 5.74) is 1.54. The van der Waals surface area contributed by atoms with Crippen molar-refractivity contribution in [3.8, 4) is 0 Å². The fourth-order valence-electron chi connectivity index (χ4n) is 3.45. The third-order valence-electron chi connectivity index (χ3n) is 5.34. The molecule has 1 aliphatic heterocycles. The highest BCUT2D eigenvalue weighted by molar-refractivity contribution is 7.99. The molecule has 2 aromatic rings. The first-order chi connectivity index (χ1) is 13.0. The fourth-order valence-corrected chi connectivity index (χ4v) is 6.02. The Hall–Kier alpha value is -1.77. The lowest BCUT2D eigenvalue weighted by Gasteiger charge is -2.24. The van der Waals surface area contributed by atoms with Crippen LogP contribution in [0.1, 0.15) is 28.9 Å². The van der Waals surface area contributed by atoms with Crippen molar-refractivity contribution in [2.24, 2.45) is 0 Å². The van der Waals surface area contributed by atoms with Gasteiger partial charge in [0.2, 0.25) is 10.0 Å². The number of carbonyl (C=O) groups excluding carboxylic acids is 1. The van der Waals surface area contributed by atoms with E-state index >= 15 is 0 Å². The Morgan fingerprint density at radius 3 is 2.56 bits per heavy atom. The van der Waals surface area contributed by atoms with E-state index < -0.39 is 10.0 Å². The lowest BCUT2D eigenvalue weighted by molar-refractivity contribution is 0.0945. The number of aromatic nitrogens is 1. The van der Waals surface area contributed by atoms with Gasteiger partial charge in [0.15, 0.2) is 0 Å². The van der Waals surface area contributed by atoms with E-state index in [0.717, 1.165) is 24.3 Å². The number of benzene rings is 1. The maximum Gasteiger partial charge on any atom is 0.267 e. The van der Waals surface area contributed by atoms with E-state index in [1.54, 1.807) is 11.8 Å². The van der Waals surface area contributed by atoms with Crippen molar-refractivity contribution < 1.29 is 13.2 Å². The van der Waals surface area contributed by atoms with Gasteiger partial charge >= 0.3 is 0 Å². The molecular formula is C19H23N3O3S2. The number of nitrogens with zero attached hydrogens (tertiary/aromatic N) is 1. The Morgan fingerprint density at radius 1 is 1.19 bits per heavy atom. The number of aromatic amines is 1. The van der Waals surface area contributed by atoms with Crippen molar-refractivity contribution in [1.82, 2.24) is 14.6 Å². The Morgan fingerprint density at radius 2 is 1.89 bits per heavy atom. The molecule has 1 amide bonds. The highest BCUT2D eigenvalue weighted by atomic mass is 32.2. The average Bonchev–Trinajstić information content (AvgIpc) is 3.33. The molecule has 0 unspecified atom stereocenters. The fraction of sp³-hybridized carbons (Fsp3) is 0.421. The zero-order valence-corrected chi connectivity index (χ0v) is 16.6. The highest BCUT2D eigenvalue weighted by Crippen LogP contribution is 2.47. The minimum atomic E-state index is -3.54. The van der Waals surface area contributed by atoms with Gasteiger partial charge in [-0.15, -0.1) is 0 Å². The average molecular weight is 406 g/mol. The molecule has 0 spiro atoms. The molecule has 4 rings (SSSR count). The van der Waals surface area contributed by atoms with Crippen molar-refractivity contribution in [1.29, 1.82) is 0 Å². The first kappa shape index (κ1) is 18.6. The molecule has 1 aliphatic carbocycles. The first-order valence-corrected chi connectivity index (χ1v) is 11.7. The van der Waals surface area contributed by atoms with E-state index in [0.29, 0.717) is 19.6 Å². The third-order valence-corrected chi connectivity index (χ3v) is 8.15. The molecule has 27 heavy (non-hydrogen) atoms. The van der Waals surface area contributed by atoms with Gasteiger partial charge < -0.3 is 10.3 Å². The molecule has 1 aromatic carbocycles. The third kappa shape index (κ3) is 3.79. The number of nitrogens with one attached hydrogen (secondary N) is 2. The monoisotopic (exact) mass is 405 g/mol. The Balaban J connectivity index is 1.42. The molecule has 0 bridgehead atoms. The van der Waals surface area contributed by atoms with Crippen molar-refractivity contribution in [3.05, 3.63) is 53.9 Å². The molecule has 2 heterocycles. The lowest BCUT2D eigenvalue weighted by atomic mass is 9.96. The topological polar surface area (TPSA) is 82.3 Å². The maximum absolute atomic E-state index is 12.7. The Kier molecular flexibility index (Phi) is 5.05. The van der Waals surface area contributed by atoms with Crippen molar-refractivity contribution in [3.63, 3.8) is 0 Å². The van der Waals surface area contributed by atoms with Crippen LogP contribution in [-0.2, 0) is 15.4 Å². The van der Waals surface area contributed by atoms with Crippen LogP contribution in [0.2, 0.25) is 0 Å². The van der Waals surface area contributed by atoms with E-state index in [1.807, 2.05) is 18.2 Å². The van der Waals surface area contributed by atoms with Gasteiger partial charge in [-0.2, -0.15) is 16.1 Å². The Bertz CT molecular complexity index is 915. The number of hydrogen-bond donors (Lipinski definition) is 2. The van der Waals surface area contributed by atoms with Crippen LogP contribution in [0.25, 0.3) is 0 Å². The second kappa shape index (κ2) is 7.33. The predicted octanol–water partition coefficient (Wildman–Crippen LogP) is 2.21. The predicted molar refractivity (Wildman–Crippen MR) is 107 cm³/mol. The van der Waals surface area contributed by atoms with Gasteiger partial charge in [-0.3, -0.25) is 4.79 Å². The largest absolute Gasteiger partial charge is 0.356 e. The van der Waals surface area contributed by atoms with Gasteiger partial charge in [0.05, 0.1) is 0 Å². The first-order valence-electron chi connectivity index (χ1n) is 9.11. The van der Waals surface area contributed by atoms with Crippen LogP contribution in [-0.4, -0.2) is 54.8 Å². The van der Waals surface area contributed by atoms with Crippen molar-refractivity contribution in [2.75, 3.05) is 31.1 Å². The van der Waals surface area contributed by atoms with Crippen LogP contribution in [0.3, 0.4) is 0 Å². The molecule has 8 heteroatoms. The number of sulfonamides is 1. The molecule has 2 N–H and O–H groups in total. The maximum atomic E-state index is 12.7. The van der Waals surface area contributed by atoms with E-state index in [2.05, 4.69) is 22.4 Å². The van der Waals surface area contributed by atoms with Crippen molar-refractivity contribution in [2.45, 2.75) is 23.2 Å². The SMILES string of the molecule is O=C(NCC1(c2ccccc2)CC1)c1cc(S(=O)(=O)N2CCSCC2)c[nH]1. The van der Waals surface area contributed by atoms with Gasteiger partial charge in [-0.25, -0.2) is 8.42 Å². The van der Waals surface area contributed by atoms with Gasteiger partial charge in [0.1, 0.15) is 10.6 Å². The molecule has 144 valence electrons. The molecule has 2 aliphatic rings. The van der Waals surface area contributed by atoms with E-state index in [1.165, 1.54) is 22.1 Å². The van der Waals surface area contributed by atoms with Gasteiger partial charge in [-0.05, 0) is 24.5 Å². The smallest absolute Gasteiger partial charge is 0.267 e. The van der Waals surface area contributed by atoms with Gasteiger partial charge in [0.25, 0.3) is 5.91 Å². The summed E-state index contributed by atoms with van der Waals surface area (Å²) in [4.78, 5) is 15.5.